The van der Waals surface area contributed by atoms with Crippen LogP contribution in [0.5, 0.6) is 0 Å². The summed E-state index contributed by atoms with van der Waals surface area (Å²) in [5, 5.41) is 2.08. The van der Waals surface area contributed by atoms with Gasteiger partial charge in [0.05, 0.1) is 29.1 Å². The van der Waals surface area contributed by atoms with Crippen LogP contribution in [-0.2, 0) is 4.74 Å². The van der Waals surface area contributed by atoms with Crippen molar-refractivity contribution in [3.05, 3.63) is 47.1 Å². The lowest BCUT2D eigenvalue weighted by molar-refractivity contribution is 0.0198. The van der Waals surface area contributed by atoms with Crippen molar-refractivity contribution < 1.29 is 4.74 Å². The van der Waals surface area contributed by atoms with E-state index in [1.54, 1.807) is 11.3 Å². The molecule has 3 heterocycles. The number of aromatic nitrogens is 2. The highest BCUT2D eigenvalue weighted by atomic mass is 32.1. The molecule has 0 radical (unpaired) electrons. The van der Waals surface area contributed by atoms with Crippen molar-refractivity contribution in [2.75, 3.05) is 26.3 Å². The highest BCUT2D eigenvalue weighted by Gasteiger charge is 2.18. The number of ether oxygens (including phenoxy) is 1. The topological polar surface area (TPSA) is 38.2 Å². The number of benzene rings is 1. The summed E-state index contributed by atoms with van der Waals surface area (Å²) >= 11 is 1.70. The second kappa shape index (κ2) is 6.59. The van der Waals surface area contributed by atoms with Gasteiger partial charge in [0, 0.05) is 24.7 Å². The summed E-state index contributed by atoms with van der Waals surface area (Å²) in [6.45, 7) is 7.90. The molecule has 1 aliphatic heterocycles. The summed E-state index contributed by atoms with van der Waals surface area (Å²) in [6, 6.07) is 11.3. The Bertz CT molecular complexity index is 837. The monoisotopic (exact) mass is 339 g/mol. The van der Waals surface area contributed by atoms with E-state index >= 15 is 0 Å². The van der Waals surface area contributed by atoms with E-state index in [1.807, 2.05) is 6.92 Å². The minimum Gasteiger partial charge on any atom is -0.379 e. The van der Waals surface area contributed by atoms with Crippen LogP contribution in [0.3, 0.4) is 0 Å². The molecule has 1 fully saturated rings. The molecule has 1 aliphatic rings. The van der Waals surface area contributed by atoms with Crippen LogP contribution in [0.25, 0.3) is 21.5 Å². The molecule has 2 aromatic heterocycles. The maximum absolute atomic E-state index is 5.45. The molecule has 0 amide bonds. The lowest BCUT2D eigenvalue weighted by Crippen LogP contribution is -2.37. The number of thiophene rings is 1. The molecule has 0 aliphatic carbocycles. The van der Waals surface area contributed by atoms with Crippen molar-refractivity contribution in [2.24, 2.45) is 0 Å². The average Bonchev–Trinajstić information content (AvgIpc) is 3.09. The zero-order valence-corrected chi connectivity index (χ0v) is 14.8. The van der Waals surface area contributed by atoms with Gasteiger partial charge in [-0.15, -0.1) is 11.3 Å². The van der Waals surface area contributed by atoms with E-state index in [0.29, 0.717) is 6.04 Å². The van der Waals surface area contributed by atoms with Gasteiger partial charge in [0.2, 0.25) is 0 Å². The lowest BCUT2D eigenvalue weighted by atomic mass is 10.0. The van der Waals surface area contributed by atoms with Crippen LogP contribution >= 0.6 is 11.3 Å². The first-order valence-electron chi connectivity index (χ1n) is 8.36. The molecule has 0 bridgehead atoms. The first-order valence-corrected chi connectivity index (χ1v) is 9.24. The van der Waals surface area contributed by atoms with Gasteiger partial charge in [0.25, 0.3) is 0 Å². The van der Waals surface area contributed by atoms with Crippen LogP contribution in [0.15, 0.2) is 35.7 Å². The lowest BCUT2D eigenvalue weighted by Gasteiger charge is -2.32. The SMILES string of the molecule is Cc1nc(-c2ccc(C(C)N3CCOCC3)cc2)c2sccc2n1. The van der Waals surface area contributed by atoms with E-state index < -0.39 is 0 Å². The standard InChI is InChI=1S/C19H21N3OS/c1-13(22-8-10-23-11-9-22)15-3-5-16(6-4-15)18-19-17(7-12-24-19)20-14(2)21-18/h3-7,12-13H,8-11H2,1-2H3. The highest BCUT2D eigenvalue weighted by molar-refractivity contribution is 7.17. The van der Waals surface area contributed by atoms with Gasteiger partial charge in [-0.1, -0.05) is 24.3 Å². The van der Waals surface area contributed by atoms with E-state index in [4.69, 9.17) is 4.74 Å². The Morgan fingerprint density at radius 1 is 1.08 bits per heavy atom. The molecule has 1 atom stereocenters. The largest absolute Gasteiger partial charge is 0.379 e. The van der Waals surface area contributed by atoms with Crippen molar-refractivity contribution in [3.63, 3.8) is 0 Å². The smallest absolute Gasteiger partial charge is 0.126 e. The van der Waals surface area contributed by atoms with Gasteiger partial charge in [-0.05, 0) is 30.9 Å². The molecule has 4 rings (SSSR count). The summed E-state index contributed by atoms with van der Waals surface area (Å²) in [5.41, 5.74) is 4.58. The zero-order valence-electron chi connectivity index (χ0n) is 14.0. The third-order valence-corrected chi connectivity index (χ3v) is 5.59. The first-order chi connectivity index (χ1) is 11.7. The van der Waals surface area contributed by atoms with E-state index in [0.717, 1.165) is 53.6 Å². The predicted octanol–water partition coefficient (Wildman–Crippen LogP) is 4.06. The molecule has 1 saturated heterocycles. The van der Waals surface area contributed by atoms with Crippen molar-refractivity contribution >= 4 is 21.6 Å². The molecular weight excluding hydrogens is 318 g/mol. The minimum atomic E-state index is 0.414. The number of aryl methyl sites for hydroxylation is 1. The van der Waals surface area contributed by atoms with E-state index in [9.17, 15) is 0 Å². The van der Waals surface area contributed by atoms with Crippen LogP contribution < -0.4 is 0 Å². The first kappa shape index (κ1) is 15.7. The van der Waals surface area contributed by atoms with Crippen molar-refractivity contribution in [1.82, 2.24) is 14.9 Å². The highest BCUT2D eigenvalue weighted by Crippen LogP contribution is 2.31. The normalized spacial score (nSPS) is 17.2. The molecular formula is C19H21N3OS. The van der Waals surface area contributed by atoms with Crippen LogP contribution in [-0.4, -0.2) is 41.2 Å². The Kier molecular flexibility index (Phi) is 4.31. The molecule has 0 saturated carbocycles. The Morgan fingerprint density at radius 2 is 1.83 bits per heavy atom. The minimum absolute atomic E-state index is 0.414. The number of fused-ring (bicyclic) bond motifs is 1. The van der Waals surface area contributed by atoms with Crippen molar-refractivity contribution in [1.29, 1.82) is 0 Å². The second-order valence-electron chi connectivity index (χ2n) is 6.20. The van der Waals surface area contributed by atoms with Gasteiger partial charge in [-0.25, -0.2) is 9.97 Å². The molecule has 0 N–H and O–H groups in total. The molecule has 1 unspecified atom stereocenters. The van der Waals surface area contributed by atoms with Gasteiger partial charge < -0.3 is 4.74 Å². The predicted molar refractivity (Wildman–Crippen MR) is 98.4 cm³/mol. The molecule has 3 aromatic rings. The van der Waals surface area contributed by atoms with Crippen molar-refractivity contribution in [3.8, 4) is 11.3 Å². The van der Waals surface area contributed by atoms with E-state index in [1.165, 1.54) is 5.56 Å². The fraction of sp³-hybridized carbons (Fsp3) is 0.368. The van der Waals surface area contributed by atoms with Crippen LogP contribution in [0, 0.1) is 6.92 Å². The molecule has 5 heteroatoms. The van der Waals surface area contributed by atoms with Gasteiger partial charge >= 0.3 is 0 Å². The Labute approximate surface area is 146 Å². The Balaban J connectivity index is 1.64. The fourth-order valence-corrected chi connectivity index (χ4v) is 4.11. The molecule has 24 heavy (non-hydrogen) atoms. The van der Waals surface area contributed by atoms with Crippen molar-refractivity contribution in [2.45, 2.75) is 19.9 Å². The third-order valence-electron chi connectivity index (χ3n) is 4.68. The summed E-state index contributed by atoms with van der Waals surface area (Å²) in [7, 11) is 0. The van der Waals surface area contributed by atoms with Crippen LogP contribution in [0.2, 0.25) is 0 Å². The zero-order chi connectivity index (χ0) is 16.5. The van der Waals surface area contributed by atoms with Gasteiger partial charge in [0.1, 0.15) is 5.82 Å². The molecule has 0 spiro atoms. The maximum Gasteiger partial charge on any atom is 0.126 e. The van der Waals surface area contributed by atoms with Gasteiger partial charge in [0.15, 0.2) is 0 Å². The summed E-state index contributed by atoms with van der Waals surface area (Å²) < 4.78 is 6.61. The summed E-state index contributed by atoms with van der Waals surface area (Å²) in [4.78, 5) is 11.7. The molecule has 1 aromatic carbocycles. The number of morpholine rings is 1. The Morgan fingerprint density at radius 3 is 2.58 bits per heavy atom. The number of rotatable bonds is 3. The number of hydrogen-bond acceptors (Lipinski definition) is 5. The van der Waals surface area contributed by atoms with E-state index in [2.05, 4.69) is 57.5 Å². The third kappa shape index (κ3) is 2.95. The molecule has 4 nitrogen and oxygen atoms in total. The average molecular weight is 339 g/mol. The Hall–Kier alpha value is -1.82. The van der Waals surface area contributed by atoms with Crippen LogP contribution in [0.4, 0.5) is 0 Å². The van der Waals surface area contributed by atoms with Crippen LogP contribution in [0.1, 0.15) is 24.4 Å². The summed E-state index contributed by atoms with van der Waals surface area (Å²) in [6.07, 6.45) is 0. The van der Waals surface area contributed by atoms with E-state index in [-0.39, 0.29) is 0 Å². The quantitative estimate of drug-likeness (QED) is 0.721. The second-order valence-corrected chi connectivity index (χ2v) is 7.12. The molecule has 124 valence electrons. The number of nitrogens with zero attached hydrogens (tertiary/aromatic N) is 3. The number of hydrogen-bond donors (Lipinski definition) is 0. The fourth-order valence-electron chi connectivity index (χ4n) is 3.27. The maximum atomic E-state index is 5.45. The van der Waals surface area contributed by atoms with Gasteiger partial charge in [-0.2, -0.15) is 0 Å². The summed E-state index contributed by atoms with van der Waals surface area (Å²) in [5.74, 6) is 0.821. The van der Waals surface area contributed by atoms with Gasteiger partial charge in [-0.3, -0.25) is 4.90 Å².